The molecule has 0 amide bonds. The van der Waals surface area contributed by atoms with Gasteiger partial charge in [-0.05, 0) is 97.9 Å². The van der Waals surface area contributed by atoms with Crippen molar-refractivity contribution in [1.82, 2.24) is 0 Å². The number of anilines is 1. The van der Waals surface area contributed by atoms with Crippen LogP contribution in [0, 0.1) is 23.1 Å². The molecule has 6 rings (SSSR count). The van der Waals surface area contributed by atoms with Gasteiger partial charge in [0, 0.05) is 11.7 Å². The van der Waals surface area contributed by atoms with Gasteiger partial charge in [0.15, 0.2) is 0 Å². The van der Waals surface area contributed by atoms with Gasteiger partial charge in [0.2, 0.25) is 0 Å². The molecule has 4 bridgehead atoms. The maximum atomic E-state index is 13.5. The van der Waals surface area contributed by atoms with E-state index in [1.54, 1.807) is 12.1 Å². The van der Waals surface area contributed by atoms with E-state index in [-0.39, 0.29) is 11.2 Å². The molecule has 1 N–H and O–H groups in total. The molecule has 136 valence electrons. The van der Waals surface area contributed by atoms with Crippen LogP contribution in [0.1, 0.15) is 51.0 Å². The molecule has 4 saturated carbocycles. The van der Waals surface area contributed by atoms with Crippen LogP contribution in [0.25, 0.3) is 0 Å². The van der Waals surface area contributed by atoms with E-state index in [1.807, 2.05) is 0 Å². The average Bonchev–Trinajstić information content (AvgIpc) is 2.62. The highest BCUT2D eigenvalue weighted by atomic mass is 19.1. The van der Waals surface area contributed by atoms with Gasteiger partial charge in [-0.1, -0.05) is 30.3 Å². The van der Waals surface area contributed by atoms with Crippen molar-refractivity contribution in [2.24, 2.45) is 17.3 Å². The van der Waals surface area contributed by atoms with Gasteiger partial charge in [-0.3, -0.25) is 0 Å². The Morgan fingerprint density at radius 1 is 0.923 bits per heavy atom. The molecule has 4 aliphatic rings. The first-order chi connectivity index (χ1) is 12.6. The summed E-state index contributed by atoms with van der Waals surface area (Å²) in [6, 6.07) is 18.5. The van der Waals surface area contributed by atoms with Gasteiger partial charge < -0.3 is 5.32 Å². The summed E-state index contributed by atoms with van der Waals surface area (Å²) in [5, 5.41) is 3.82. The second-order valence-electron chi connectivity index (χ2n) is 9.34. The van der Waals surface area contributed by atoms with Gasteiger partial charge in [0.25, 0.3) is 0 Å². The van der Waals surface area contributed by atoms with E-state index in [0.29, 0.717) is 11.5 Å². The van der Waals surface area contributed by atoms with E-state index in [4.69, 9.17) is 0 Å². The van der Waals surface area contributed by atoms with Crippen LogP contribution >= 0.6 is 0 Å². The zero-order valence-corrected chi connectivity index (χ0v) is 15.5. The monoisotopic (exact) mass is 349 g/mol. The van der Waals surface area contributed by atoms with Gasteiger partial charge in [0.1, 0.15) is 5.82 Å². The van der Waals surface area contributed by atoms with Crippen molar-refractivity contribution >= 4 is 5.69 Å². The lowest BCUT2D eigenvalue weighted by molar-refractivity contribution is -0.0790. The highest BCUT2D eigenvalue weighted by Gasteiger charge is 2.59. The Morgan fingerprint density at radius 3 is 2.23 bits per heavy atom. The number of nitrogens with one attached hydrogen (secondary N) is 1. The molecule has 1 nitrogen and oxygen atoms in total. The van der Waals surface area contributed by atoms with Crippen molar-refractivity contribution in [3.05, 3.63) is 66.0 Å². The molecule has 0 aliphatic heterocycles. The lowest BCUT2D eigenvalue weighted by atomic mass is 9.41. The fourth-order valence-electron chi connectivity index (χ4n) is 6.92. The third kappa shape index (κ3) is 2.57. The van der Waals surface area contributed by atoms with E-state index in [2.05, 4.69) is 54.7 Å². The number of halogens is 1. The smallest absolute Gasteiger partial charge is 0.123 e. The fraction of sp³-hybridized carbons (Fsp3) is 0.500. The summed E-state index contributed by atoms with van der Waals surface area (Å²) in [4.78, 5) is 0. The lowest BCUT2D eigenvalue weighted by Crippen LogP contribution is -2.58. The van der Waals surface area contributed by atoms with E-state index in [0.717, 1.165) is 11.8 Å². The van der Waals surface area contributed by atoms with Crippen LogP contribution in [-0.2, 0) is 5.41 Å². The van der Waals surface area contributed by atoms with Gasteiger partial charge in [-0.25, -0.2) is 4.39 Å². The third-order valence-corrected chi connectivity index (χ3v) is 7.64. The number of hydrogen-bond donors (Lipinski definition) is 1. The first-order valence-electron chi connectivity index (χ1n) is 10.1. The highest BCUT2D eigenvalue weighted by Crippen LogP contribution is 2.66. The Hall–Kier alpha value is -1.83. The predicted molar refractivity (Wildman–Crippen MR) is 105 cm³/mol. The second kappa shape index (κ2) is 5.84. The van der Waals surface area contributed by atoms with Crippen LogP contribution in [0.3, 0.4) is 0 Å². The van der Waals surface area contributed by atoms with Crippen molar-refractivity contribution in [2.75, 3.05) is 5.32 Å². The standard InChI is InChI=1S/C24H28FN/c1-17(26-22-5-3-2-4-6-22)23-12-18-11-19(13-23)15-24(14-18,16-23)20-7-9-21(25)10-8-20/h2-10,17-19,26H,11-16H2,1H3. The fourth-order valence-corrected chi connectivity index (χ4v) is 6.92. The molecule has 4 fully saturated rings. The molecule has 2 aromatic rings. The summed E-state index contributed by atoms with van der Waals surface area (Å²) in [7, 11) is 0. The summed E-state index contributed by atoms with van der Waals surface area (Å²) in [5.41, 5.74) is 3.24. The maximum absolute atomic E-state index is 13.5. The summed E-state index contributed by atoms with van der Waals surface area (Å²) < 4.78 is 13.5. The molecule has 0 radical (unpaired) electrons. The summed E-state index contributed by atoms with van der Waals surface area (Å²) in [6.07, 6.45) is 7.97. The molecule has 3 atom stereocenters. The van der Waals surface area contributed by atoms with E-state index >= 15 is 0 Å². The molecule has 0 saturated heterocycles. The van der Waals surface area contributed by atoms with E-state index in [9.17, 15) is 4.39 Å². The minimum absolute atomic E-state index is 0.118. The van der Waals surface area contributed by atoms with Crippen LogP contribution in [0.15, 0.2) is 54.6 Å². The molecule has 0 spiro atoms. The van der Waals surface area contributed by atoms with Crippen molar-refractivity contribution in [3.8, 4) is 0 Å². The SMILES string of the molecule is CC(Nc1ccccc1)C12CC3CC(CC(c4ccc(F)cc4)(C3)C1)C2. The molecular formula is C24H28FN. The zero-order valence-electron chi connectivity index (χ0n) is 15.5. The maximum Gasteiger partial charge on any atom is 0.123 e. The Kier molecular flexibility index (Phi) is 3.67. The normalized spacial score (nSPS) is 36.1. The van der Waals surface area contributed by atoms with Crippen molar-refractivity contribution in [3.63, 3.8) is 0 Å². The molecule has 0 aromatic heterocycles. The number of para-hydroxylation sites is 1. The van der Waals surface area contributed by atoms with E-state index < -0.39 is 0 Å². The Morgan fingerprint density at radius 2 is 1.58 bits per heavy atom. The van der Waals surface area contributed by atoms with Crippen molar-refractivity contribution < 1.29 is 4.39 Å². The zero-order chi connectivity index (χ0) is 17.8. The number of benzene rings is 2. The molecule has 0 heterocycles. The summed E-state index contributed by atoms with van der Waals surface area (Å²) in [5.74, 6) is 1.55. The largest absolute Gasteiger partial charge is 0.382 e. The second-order valence-corrected chi connectivity index (χ2v) is 9.34. The third-order valence-electron chi connectivity index (χ3n) is 7.64. The number of rotatable bonds is 4. The quantitative estimate of drug-likeness (QED) is 0.696. The minimum atomic E-state index is -0.118. The van der Waals surface area contributed by atoms with Gasteiger partial charge in [-0.2, -0.15) is 0 Å². The van der Waals surface area contributed by atoms with Crippen molar-refractivity contribution in [2.45, 2.75) is 56.9 Å². The van der Waals surface area contributed by atoms with Crippen LogP contribution in [0.4, 0.5) is 10.1 Å². The van der Waals surface area contributed by atoms with Crippen LogP contribution in [0.2, 0.25) is 0 Å². The highest BCUT2D eigenvalue weighted by molar-refractivity contribution is 5.44. The average molecular weight is 349 g/mol. The number of hydrogen-bond acceptors (Lipinski definition) is 1. The van der Waals surface area contributed by atoms with Crippen LogP contribution < -0.4 is 5.32 Å². The summed E-state index contributed by atoms with van der Waals surface area (Å²) >= 11 is 0. The molecule has 26 heavy (non-hydrogen) atoms. The first kappa shape index (κ1) is 16.4. The van der Waals surface area contributed by atoms with Gasteiger partial charge >= 0.3 is 0 Å². The predicted octanol–water partition coefficient (Wildman–Crippen LogP) is 6.16. The van der Waals surface area contributed by atoms with Gasteiger partial charge in [0.05, 0.1) is 0 Å². The molecule has 3 unspecified atom stereocenters. The Bertz CT molecular complexity index is 768. The van der Waals surface area contributed by atoms with Crippen molar-refractivity contribution in [1.29, 1.82) is 0 Å². The topological polar surface area (TPSA) is 12.0 Å². The summed E-state index contributed by atoms with van der Waals surface area (Å²) in [6.45, 7) is 2.39. The Balaban J connectivity index is 1.47. The minimum Gasteiger partial charge on any atom is -0.382 e. The first-order valence-corrected chi connectivity index (χ1v) is 10.1. The lowest BCUT2D eigenvalue weighted by Gasteiger charge is -2.64. The van der Waals surface area contributed by atoms with Gasteiger partial charge in [-0.15, -0.1) is 0 Å². The van der Waals surface area contributed by atoms with Crippen LogP contribution in [-0.4, -0.2) is 6.04 Å². The molecular weight excluding hydrogens is 321 g/mol. The Labute approximate surface area is 156 Å². The van der Waals surface area contributed by atoms with Crippen LogP contribution in [0.5, 0.6) is 0 Å². The molecule has 4 aliphatic carbocycles. The van der Waals surface area contributed by atoms with E-state index in [1.165, 1.54) is 49.8 Å². The molecule has 2 heteroatoms. The molecule has 2 aromatic carbocycles.